The lowest BCUT2D eigenvalue weighted by atomic mass is 10.1. The Morgan fingerprint density at radius 1 is 1.25 bits per heavy atom. The van der Waals surface area contributed by atoms with E-state index in [-0.39, 0.29) is 17.7 Å². The maximum atomic E-state index is 10.1. The van der Waals surface area contributed by atoms with Crippen molar-refractivity contribution in [1.29, 1.82) is 0 Å². The Hall–Kier alpha value is -0.610. The number of rotatable bonds is 6. The van der Waals surface area contributed by atoms with Gasteiger partial charge in [0, 0.05) is 29.7 Å². The number of aliphatic hydroxyl groups excluding tert-OH is 1. The van der Waals surface area contributed by atoms with E-state index in [1.165, 1.54) is 5.56 Å². The van der Waals surface area contributed by atoms with Crippen LogP contribution in [0.3, 0.4) is 0 Å². The molecule has 2 unspecified atom stereocenters. The van der Waals surface area contributed by atoms with E-state index in [2.05, 4.69) is 37.9 Å². The van der Waals surface area contributed by atoms with Crippen LogP contribution < -0.4 is 5.32 Å². The second kappa shape index (κ2) is 7.41. The minimum absolute atomic E-state index is 0.0291. The highest BCUT2D eigenvalue weighted by molar-refractivity contribution is 6.30. The maximum absolute atomic E-state index is 10.1. The van der Waals surface area contributed by atoms with Crippen LogP contribution in [0, 0.1) is 0 Å². The van der Waals surface area contributed by atoms with Crippen molar-refractivity contribution in [3.63, 3.8) is 0 Å². The summed E-state index contributed by atoms with van der Waals surface area (Å²) in [6.07, 6.45) is -0.381. The van der Waals surface area contributed by atoms with Gasteiger partial charge < -0.3 is 10.4 Å². The summed E-state index contributed by atoms with van der Waals surface area (Å²) in [4.78, 5) is 2.15. The molecule has 0 saturated heterocycles. The summed E-state index contributed by atoms with van der Waals surface area (Å²) in [5.74, 6) is 0. The molecule has 0 amide bonds. The smallest absolute Gasteiger partial charge is 0.0791 e. The van der Waals surface area contributed by atoms with Crippen LogP contribution >= 0.6 is 11.6 Å². The third-order valence-corrected chi connectivity index (χ3v) is 3.63. The molecule has 0 aliphatic carbocycles. The van der Waals surface area contributed by atoms with Crippen LogP contribution in [0.1, 0.15) is 39.3 Å². The molecule has 0 saturated carbocycles. The summed E-state index contributed by atoms with van der Waals surface area (Å²) in [6.45, 7) is 9.65. The second-order valence-corrected chi connectivity index (χ2v) is 6.89. The van der Waals surface area contributed by atoms with Crippen molar-refractivity contribution < 1.29 is 5.11 Å². The number of nitrogens with zero attached hydrogens (tertiary/aromatic N) is 1. The molecule has 0 aliphatic rings. The minimum atomic E-state index is -0.381. The van der Waals surface area contributed by atoms with Crippen LogP contribution in [-0.4, -0.2) is 41.8 Å². The first-order valence-corrected chi connectivity index (χ1v) is 7.45. The first-order chi connectivity index (χ1) is 9.19. The highest BCUT2D eigenvalue weighted by atomic mass is 35.5. The molecule has 0 bridgehead atoms. The van der Waals surface area contributed by atoms with E-state index in [0.29, 0.717) is 13.1 Å². The summed E-state index contributed by atoms with van der Waals surface area (Å²) in [6, 6.07) is 8.11. The van der Waals surface area contributed by atoms with Crippen molar-refractivity contribution in [2.24, 2.45) is 0 Å². The van der Waals surface area contributed by atoms with Gasteiger partial charge >= 0.3 is 0 Å². The van der Waals surface area contributed by atoms with E-state index in [1.54, 1.807) is 0 Å². The fourth-order valence-electron chi connectivity index (χ4n) is 1.97. The van der Waals surface area contributed by atoms with Gasteiger partial charge in [0.25, 0.3) is 0 Å². The van der Waals surface area contributed by atoms with Crippen molar-refractivity contribution in [3.8, 4) is 0 Å². The lowest BCUT2D eigenvalue weighted by Crippen LogP contribution is -2.44. The molecule has 1 aromatic rings. The Morgan fingerprint density at radius 2 is 1.80 bits per heavy atom. The number of halogens is 1. The first kappa shape index (κ1) is 17.4. The molecule has 0 spiro atoms. The van der Waals surface area contributed by atoms with Crippen LogP contribution in [0.15, 0.2) is 24.3 Å². The summed E-state index contributed by atoms with van der Waals surface area (Å²) >= 11 is 5.90. The number of nitrogens with one attached hydrogen (secondary N) is 1. The van der Waals surface area contributed by atoms with Gasteiger partial charge in [0.2, 0.25) is 0 Å². The summed E-state index contributed by atoms with van der Waals surface area (Å²) in [5, 5.41) is 14.2. The monoisotopic (exact) mass is 298 g/mol. The Bertz CT molecular complexity index is 400. The Morgan fingerprint density at radius 3 is 2.30 bits per heavy atom. The highest BCUT2D eigenvalue weighted by Gasteiger charge is 2.17. The van der Waals surface area contributed by atoms with E-state index < -0.39 is 0 Å². The summed E-state index contributed by atoms with van der Waals surface area (Å²) in [7, 11) is 2.03. The van der Waals surface area contributed by atoms with E-state index in [1.807, 2.05) is 31.3 Å². The van der Waals surface area contributed by atoms with Crippen LogP contribution in [0.4, 0.5) is 0 Å². The normalized spacial score (nSPS) is 15.4. The third kappa shape index (κ3) is 6.23. The predicted octanol–water partition coefficient (Wildman–Crippen LogP) is 3.08. The molecule has 0 radical (unpaired) electrons. The van der Waals surface area contributed by atoms with Crippen molar-refractivity contribution in [3.05, 3.63) is 34.9 Å². The zero-order valence-electron chi connectivity index (χ0n) is 13.2. The lowest BCUT2D eigenvalue weighted by molar-refractivity contribution is 0.101. The first-order valence-electron chi connectivity index (χ1n) is 7.08. The Labute approximate surface area is 127 Å². The van der Waals surface area contributed by atoms with Crippen LogP contribution in [-0.2, 0) is 0 Å². The molecule has 0 aromatic heterocycles. The number of hydrogen-bond donors (Lipinski definition) is 2. The van der Waals surface area contributed by atoms with E-state index in [9.17, 15) is 5.11 Å². The number of likely N-dealkylation sites (N-methyl/N-ethyl adjacent to an activating group) is 1. The van der Waals surface area contributed by atoms with Gasteiger partial charge in [-0.15, -0.1) is 0 Å². The fourth-order valence-corrected chi connectivity index (χ4v) is 2.10. The fraction of sp³-hybridized carbons (Fsp3) is 0.625. The van der Waals surface area contributed by atoms with E-state index in [0.717, 1.165) is 5.02 Å². The maximum Gasteiger partial charge on any atom is 0.0791 e. The van der Waals surface area contributed by atoms with Gasteiger partial charge in [0.15, 0.2) is 0 Å². The molecule has 3 nitrogen and oxygen atoms in total. The van der Waals surface area contributed by atoms with Gasteiger partial charge in [-0.3, -0.25) is 4.90 Å². The largest absolute Gasteiger partial charge is 0.390 e. The molecule has 0 heterocycles. The predicted molar refractivity (Wildman–Crippen MR) is 86.3 cm³/mol. The molecule has 114 valence electrons. The van der Waals surface area contributed by atoms with Gasteiger partial charge in [0.1, 0.15) is 0 Å². The van der Waals surface area contributed by atoms with Crippen molar-refractivity contribution in [1.82, 2.24) is 10.2 Å². The van der Waals surface area contributed by atoms with Crippen molar-refractivity contribution in [2.75, 3.05) is 20.1 Å². The van der Waals surface area contributed by atoms with Gasteiger partial charge in [-0.1, -0.05) is 23.7 Å². The average Bonchev–Trinajstić information content (AvgIpc) is 2.35. The van der Waals surface area contributed by atoms with Crippen LogP contribution in [0.2, 0.25) is 5.02 Å². The standard InChI is InChI=1S/C16H27ClN2O/c1-12(13-6-8-14(17)9-7-13)19(5)11-15(20)10-18-16(2,3)4/h6-9,12,15,18,20H,10-11H2,1-5H3. The topological polar surface area (TPSA) is 35.5 Å². The molecule has 0 aliphatic heterocycles. The van der Waals surface area contributed by atoms with Crippen LogP contribution in [0.25, 0.3) is 0 Å². The van der Waals surface area contributed by atoms with Crippen molar-refractivity contribution >= 4 is 11.6 Å². The molecular formula is C16H27ClN2O. The molecule has 1 rings (SSSR count). The molecule has 0 fully saturated rings. The van der Waals surface area contributed by atoms with Crippen LogP contribution in [0.5, 0.6) is 0 Å². The molecule has 20 heavy (non-hydrogen) atoms. The van der Waals surface area contributed by atoms with Gasteiger partial charge in [0.05, 0.1) is 6.10 Å². The third-order valence-electron chi connectivity index (χ3n) is 3.38. The Kier molecular flexibility index (Phi) is 6.46. The Balaban J connectivity index is 2.48. The molecule has 2 N–H and O–H groups in total. The molecule has 4 heteroatoms. The quantitative estimate of drug-likeness (QED) is 0.847. The zero-order valence-corrected chi connectivity index (χ0v) is 13.9. The number of aliphatic hydroxyl groups is 1. The zero-order chi connectivity index (χ0) is 15.3. The average molecular weight is 299 g/mol. The lowest BCUT2D eigenvalue weighted by Gasteiger charge is -2.29. The van der Waals surface area contributed by atoms with Gasteiger partial charge in [-0.2, -0.15) is 0 Å². The number of benzene rings is 1. The number of β-amino-alcohol motifs (C(OH)–C–C–N with tert-alkyl or cyclic N) is 1. The highest BCUT2D eigenvalue weighted by Crippen LogP contribution is 2.20. The van der Waals surface area contributed by atoms with Gasteiger partial charge in [-0.25, -0.2) is 0 Å². The summed E-state index contributed by atoms with van der Waals surface area (Å²) < 4.78 is 0. The number of hydrogen-bond acceptors (Lipinski definition) is 3. The van der Waals surface area contributed by atoms with Gasteiger partial charge in [-0.05, 0) is 52.4 Å². The molecule has 1 aromatic carbocycles. The van der Waals surface area contributed by atoms with E-state index >= 15 is 0 Å². The van der Waals surface area contributed by atoms with Crippen molar-refractivity contribution in [2.45, 2.75) is 45.4 Å². The summed E-state index contributed by atoms with van der Waals surface area (Å²) in [5.41, 5.74) is 1.23. The molecular weight excluding hydrogens is 272 g/mol. The second-order valence-electron chi connectivity index (χ2n) is 6.45. The van der Waals surface area contributed by atoms with E-state index in [4.69, 9.17) is 11.6 Å². The minimum Gasteiger partial charge on any atom is -0.390 e. The SMILES string of the molecule is CC(c1ccc(Cl)cc1)N(C)CC(O)CNC(C)(C)C. The molecule has 2 atom stereocenters.